The van der Waals surface area contributed by atoms with Gasteiger partial charge in [-0.3, -0.25) is 9.59 Å². The molecule has 8 nitrogen and oxygen atoms in total. The van der Waals surface area contributed by atoms with Crippen LogP contribution in [-0.4, -0.2) is 40.3 Å². The van der Waals surface area contributed by atoms with Gasteiger partial charge in [-0.1, -0.05) is 12.8 Å². The second-order valence-electron chi connectivity index (χ2n) is 7.22. The number of rotatable bonds is 4. The fourth-order valence-corrected chi connectivity index (χ4v) is 3.68. The van der Waals surface area contributed by atoms with Gasteiger partial charge in [-0.15, -0.1) is 0 Å². The molecule has 2 heterocycles. The van der Waals surface area contributed by atoms with Gasteiger partial charge in [-0.2, -0.15) is 13.8 Å². The van der Waals surface area contributed by atoms with E-state index in [0.717, 1.165) is 25.7 Å². The number of halogens is 2. The number of carbonyl (C=O) groups is 2. The molecule has 0 unspecified atom stereocenters. The summed E-state index contributed by atoms with van der Waals surface area (Å²) in [5.74, 6) is -4.96. The molecule has 29 heavy (non-hydrogen) atoms. The molecule has 0 atom stereocenters. The molecule has 4 rings (SSSR count). The van der Waals surface area contributed by atoms with Crippen LogP contribution in [0.2, 0.25) is 0 Å². The Kier molecular flexibility index (Phi) is 4.77. The number of hydrogen-bond acceptors (Lipinski definition) is 6. The summed E-state index contributed by atoms with van der Waals surface area (Å²) in [5, 5.41) is 5.22. The molecule has 1 saturated carbocycles. The Hall–Kier alpha value is -3.30. The van der Waals surface area contributed by atoms with Crippen molar-refractivity contribution in [2.24, 2.45) is 5.73 Å². The number of fused-ring (bicyclic) bond motifs is 1. The molecular weight excluding hydrogens is 382 g/mol. The first-order chi connectivity index (χ1) is 13.8. The maximum absolute atomic E-state index is 14.3. The fraction of sp³-hybridized carbons (Fsp3) is 0.368. The van der Waals surface area contributed by atoms with Gasteiger partial charge >= 0.3 is 5.92 Å². The van der Waals surface area contributed by atoms with E-state index in [0.29, 0.717) is 11.3 Å². The van der Waals surface area contributed by atoms with E-state index in [-0.39, 0.29) is 23.5 Å². The summed E-state index contributed by atoms with van der Waals surface area (Å²) in [4.78, 5) is 33.2. The third kappa shape index (κ3) is 3.82. The lowest BCUT2D eigenvalue weighted by Gasteiger charge is -2.31. The summed E-state index contributed by atoms with van der Waals surface area (Å²) in [6.45, 7) is -0.722. The lowest BCUT2D eigenvalue weighted by Crippen LogP contribution is -2.46. The van der Waals surface area contributed by atoms with Crippen molar-refractivity contribution >= 4 is 35.0 Å². The summed E-state index contributed by atoms with van der Waals surface area (Å²) in [6, 6.07) is 6.28. The Labute approximate surface area is 165 Å². The van der Waals surface area contributed by atoms with E-state index in [9.17, 15) is 18.4 Å². The standard InChI is InChI=1S/C19H20F2N6O2/c20-19(21)10-27(13-3-1-2-4-13)16-14(25-17(19)29)9-23-18(26-16)24-12-7-5-11(6-8-12)15(22)28/h5-9,13H,1-4,10H2,(H2,22,28)(H,25,29)(H,23,24,26). The molecule has 4 N–H and O–H groups in total. The molecule has 2 aromatic rings. The van der Waals surface area contributed by atoms with E-state index in [1.807, 2.05) is 0 Å². The number of amides is 2. The highest BCUT2D eigenvalue weighted by Gasteiger charge is 2.46. The van der Waals surface area contributed by atoms with Gasteiger partial charge < -0.3 is 21.3 Å². The summed E-state index contributed by atoms with van der Waals surface area (Å²) in [7, 11) is 0. The Morgan fingerprint density at radius 2 is 1.93 bits per heavy atom. The number of hydrogen-bond donors (Lipinski definition) is 3. The number of nitrogens with zero attached hydrogens (tertiary/aromatic N) is 3. The highest BCUT2D eigenvalue weighted by atomic mass is 19.3. The van der Waals surface area contributed by atoms with Crippen molar-refractivity contribution in [3.63, 3.8) is 0 Å². The van der Waals surface area contributed by atoms with Gasteiger partial charge in [0, 0.05) is 17.3 Å². The van der Waals surface area contributed by atoms with E-state index in [1.54, 1.807) is 24.3 Å². The molecule has 0 saturated heterocycles. The molecule has 1 aromatic heterocycles. The number of nitrogens with one attached hydrogen (secondary N) is 2. The van der Waals surface area contributed by atoms with Gasteiger partial charge in [0.1, 0.15) is 5.69 Å². The zero-order chi connectivity index (χ0) is 20.6. The zero-order valence-corrected chi connectivity index (χ0v) is 15.5. The predicted octanol–water partition coefficient (Wildman–Crippen LogP) is 2.66. The topological polar surface area (TPSA) is 113 Å². The van der Waals surface area contributed by atoms with Crippen LogP contribution in [0.4, 0.5) is 31.9 Å². The van der Waals surface area contributed by atoms with Gasteiger partial charge in [-0.25, -0.2) is 4.98 Å². The number of aromatic nitrogens is 2. The normalized spacial score (nSPS) is 18.7. The summed E-state index contributed by atoms with van der Waals surface area (Å²) in [5.41, 5.74) is 6.35. The van der Waals surface area contributed by atoms with Crippen LogP contribution in [-0.2, 0) is 4.79 Å². The first kappa shape index (κ1) is 19.0. The Balaban J connectivity index is 1.66. The zero-order valence-electron chi connectivity index (χ0n) is 15.5. The van der Waals surface area contributed by atoms with Crippen molar-refractivity contribution in [2.45, 2.75) is 37.6 Å². The van der Waals surface area contributed by atoms with Gasteiger partial charge in [0.2, 0.25) is 11.9 Å². The van der Waals surface area contributed by atoms with Crippen LogP contribution < -0.4 is 21.3 Å². The number of anilines is 4. The highest BCUT2D eigenvalue weighted by molar-refractivity contribution is 6.00. The molecule has 0 radical (unpaired) electrons. The maximum Gasteiger partial charge on any atom is 0.341 e. The lowest BCUT2D eigenvalue weighted by atomic mass is 10.2. The van der Waals surface area contributed by atoms with E-state index in [4.69, 9.17) is 5.73 Å². The summed E-state index contributed by atoms with van der Waals surface area (Å²) >= 11 is 0. The van der Waals surface area contributed by atoms with Crippen LogP contribution in [0.5, 0.6) is 0 Å². The minimum atomic E-state index is -3.53. The Morgan fingerprint density at radius 1 is 1.24 bits per heavy atom. The van der Waals surface area contributed by atoms with Gasteiger partial charge in [0.25, 0.3) is 5.91 Å². The number of benzene rings is 1. The molecule has 0 spiro atoms. The van der Waals surface area contributed by atoms with Gasteiger partial charge in [-0.05, 0) is 37.1 Å². The molecule has 0 bridgehead atoms. The van der Waals surface area contributed by atoms with E-state index < -0.39 is 24.3 Å². The molecule has 1 aliphatic carbocycles. The van der Waals surface area contributed by atoms with Gasteiger partial charge in [0.15, 0.2) is 5.82 Å². The molecule has 152 valence electrons. The van der Waals surface area contributed by atoms with Crippen molar-refractivity contribution in [3.8, 4) is 0 Å². The number of primary amides is 1. The maximum atomic E-state index is 14.3. The number of alkyl halides is 2. The molecule has 1 fully saturated rings. The van der Waals surface area contributed by atoms with Crippen LogP contribution in [0.3, 0.4) is 0 Å². The average Bonchev–Trinajstić information content (AvgIpc) is 3.19. The van der Waals surface area contributed by atoms with Crippen molar-refractivity contribution in [1.82, 2.24) is 9.97 Å². The molecule has 1 aliphatic heterocycles. The number of nitrogens with two attached hydrogens (primary N) is 1. The SMILES string of the molecule is NC(=O)c1ccc(Nc2ncc3c(n2)N(C2CCCC2)CC(F)(F)C(=O)N3)cc1. The van der Waals surface area contributed by atoms with E-state index >= 15 is 0 Å². The quantitative estimate of drug-likeness (QED) is 0.725. The minimum Gasteiger partial charge on any atom is -0.366 e. The van der Waals surface area contributed by atoms with Crippen molar-refractivity contribution in [2.75, 3.05) is 22.1 Å². The monoisotopic (exact) mass is 402 g/mol. The van der Waals surface area contributed by atoms with Crippen LogP contribution in [0.25, 0.3) is 0 Å². The highest BCUT2D eigenvalue weighted by Crippen LogP contribution is 2.37. The number of carbonyl (C=O) groups excluding carboxylic acids is 2. The fourth-order valence-electron chi connectivity index (χ4n) is 3.68. The molecule has 2 aliphatic rings. The van der Waals surface area contributed by atoms with Crippen molar-refractivity contribution < 1.29 is 18.4 Å². The van der Waals surface area contributed by atoms with Crippen LogP contribution >= 0.6 is 0 Å². The Morgan fingerprint density at radius 3 is 2.59 bits per heavy atom. The molecule has 2 amide bonds. The third-order valence-electron chi connectivity index (χ3n) is 5.18. The van der Waals surface area contributed by atoms with Crippen LogP contribution in [0, 0.1) is 0 Å². The van der Waals surface area contributed by atoms with Crippen LogP contribution in [0.15, 0.2) is 30.5 Å². The van der Waals surface area contributed by atoms with Crippen molar-refractivity contribution in [1.29, 1.82) is 0 Å². The lowest BCUT2D eigenvalue weighted by molar-refractivity contribution is -0.138. The average molecular weight is 402 g/mol. The second-order valence-corrected chi connectivity index (χ2v) is 7.22. The largest absolute Gasteiger partial charge is 0.366 e. The second kappa shape index (κ2) is 7.26. The van der Waals surface area contributed by atoms with E-state index in [2.05, 4.69) is 20.6 Å². The van der Waals surface area contributed by atoms with Crippen LogP contribution in [0.1, 0.15) is 36.0 Å². The first-order valence-electron chi connectivity index (χ1n) is 9.33. The predicted molar refractivity (Wildman–Crippen MR) is 103 cm³/mol. The molecular formula is C19H20F2N6O2. The summed E-state index contributed by atoms with van der Waals surface area (Å²) < 4.78 is 28.6. The minimum absolute atomic E-state index is 0.107. The molecule has 10 heteroatoms. The smallest absolute Gasteiger partial charge is 0.341 e. The third-order valence-corrected chi connectivity index (χ3v) is 5.18. The van der Waals surface area contributed by atoms with E-state index in [1.165, 1.54) is 11.1 Å². The van der Waals surface area contributed by atoms with Crippen molar-refractivity contribution in [3.05, 3.63) is 36.0 Å². The summed E-state index contributed by atoms with van der Waals surface area (Å²) in [6.07, 6.45) is 4.76. The molecule has 1 aromatic carbocycles. The van der Waals surface area contributed by atoms with Gasteiger partial charge in [0.05, 0.1) is 12.7 Å². The Bertz CT molecular complexity index is 944. The first-order valence-corrected chi connectivity index (χ1v) is 9.33.